The van der Waals surface area contributed by atoms with E-state index >= 15 is 0 Å². The molecule has 0 saturated carbocycles. The molecule has 1 N–H and O–H groups in total. The number of nitrogens with one attached hydrogen (secondary N) is 1. The van der Waals surface area contributed by atoms with Crippen LogP contribution in [0.4, 0.5) is 0 Å². The van der Waals surface area contributed by atoms with E-state index < -0.39 is 0 Å². The van der Waals surface area contributed by atoms with Crippen molar-refractivity contribution in [3.8, 4) is 6.07 Å². The van der Waals surface area contributed by atoms with E-state index in [1.54, 1.807) is 5.06 Å². The fourth-order valence-electron chi connectivity index (χ4n) is 1.20. The summed E-state index contributed by atoms with van der Waals surface area (Å²) in [7, 11) is 0. The van der Waals surface area contributed by atoms with Gasteiger partial charge in [0.1, 0.15) is 0 Å². The molecule has 5 nitrogen and oxygen atoms in total. The SMILES string of the molecule is N#CC[C@H]1CN(OC=O)CCN1. The van der Waals surface area contributed by atoms with Gasteiger partial charge in [-0.15, -0.1) is 5.06 Å². The lowest BCUT2D eigenvalue weighted by molar-refractivity contribution is -0.178. The number of carbonyl (C=O) groups excluding carboxylic acids is 1. The van der Waals surface area contributed by atoms with Gasteiger partial charge in [-0.25, -0.2) is 0 Å². The third-order valence-electron chi connectivity index (χ3n) is 1.75. The van der Waals surface area contributed by atoms with Gasteiger partial charge in [0.05, 0.1) is 19.0 Å². The van der Waals surface area contributed by atoms with Gasteiger partial charge in [0, 0.05) is 19.1 Å². The molecule has 0 spiro atoms. The Labute approximate surface area is 70.9 Å². The molecular formula is C7H11N3O2. The van der Waals surface area contributed by atoms with Gasteiger partial charge >= 0.3 is 6.47 Å². The van der Waals surface area contributed by atoms with Crippen molar-refractivity contribution in [2.75, 3.05) is 19.6 Å². The van der Waals surface area contributed by atoms with Crippen molar-refractivity contribution in [2.24, 2.45) is 0 Å². The highest BCUT2D eigenvalue weighted by atomic mass is 16.7. The second kappa shape index (κ2) is 4.70. The molecule has 0 bridgehead atoms. The first kappa shape index (κ1) is 8.97. The molecule has 0 aromatic carbocycles. The van der Waals surface area contributed by atoms with Gasteiger partial charge in [0.2, 0.25) is 0 Å². The van der Waals surface area contributed by atoms with Crippen molar-refractivity contribution in [1.82, 2.24) is 10.4 Å². The van der Waals surface area contributed by atoms with Crippen molar-refractivity contribution in [1.29, 1.82) is 5.26 Å². The Balaban J connectivity index is 2.30. The topological polar surface area (TPSA) is 65.4 Å². The molecule has 0 radical (unpaired) electrons. The number of hydrogen-bond acceptors (Lipinski definition) is 5. The fraction of sp³-hybridized carbons (Fsp3) is 0.714. The van der Waals surface area contributed by atoms with Crippen LogP contribution < -0.4 is 5.32 Å². The quantitative estimate of drug-likeness (QED) is 0.564. The molecule has 0 amide bonds. The minimum atomic E-state index is 0.115. The third-order valence-corrected chi connectivity index (χ3v) is 1.75. The Kier molecular flexibility index (Phi) is 3.51. The predicted octanol–water partition coefficient (Wildman–Crippen LogP) is -0.738. The molecule has 5 heteroatoms. The average Bonchev–Trinajstić information content (AvgIpc) is 2.06. The lowest BCUT2D eigenvalue weighted by Crippen LogP contribution is -2.50. The maximum absolute atomic E-state index is 9.99. The van der Waals surface area contributed by atoms with Gasteiger partial charge < -0.3 is 10.2 Å². The Morgan fingerprint density at radius 2 is 2.67 bits per heavy atom. The van der Waals surface area contributed by atoms with E-state index in [1.807, 2.05) is 0 Å². The summed E-state index contributed by atoms with van der Waals surface area (Å²) in [6, 6.07) is 2.18. The van der Waals surface area contributed by atoms with E-state index in [1.165, 1.54) is 0 Å². The van der Waals surface area contributed by atoms with Crippen LogP contribution in [0, 0.1) is 11.3 Å². The first-order chi connectivity index (χ1) is 5.86. The Bertz CT molecular complexity index is 190. The third kappa shape index (κ3) is 2.49. The molecule has 1 aliphatic rings. The fourth-order valence-corrected chi connectivity index (χ4v) is 1.20. The maximum Gasteiger partial charge on any atom is 0.312 e. The first-order valence-corrected chi connectivity index (χ1v) is 3.82. The Morgan fingerprint density at radius 3 is 3.33 bits per heavy atom. The Hall–Kier alpha value is -1.12. The summed E-state index contributed by atoms with van der Waals surface area (Å²) in [6.07, 6.45) is 0.443. The molecule has 0 aromatic rings. The summed E-state index contributed by atoms with van der Waals surface area (Å²) >= 11 is 0. The summed E-state index contributed by atoms with van der Waals surface area (Å²) in [5, 5.41) is 13.1. The van der Waals surface area contributed by atoms with Gasteiger partial charge in [-0.3, -0.25) is 4.79 Å². The molecule has 66 valence electrons. The number of rotatable bonds is 3. The molecular weight excluding hydrogens is 158 g/mol. The highest BCUT2D eigenvalue weighted by Gasteiger charge is 2.19. The van der Waals surface area contributed by atoms with Crippen LogP contribution in [0.5, 0.6) is 0 Å². The average molecular weight is 169 g/mol. The summed E-state index contributed by atoms with van der Waals surface area (Å²) < 4.78 is 0. The van der Waals surface area contributed by atoms with E-state index in [0.717, 1.165) is 6.54 Å². The number of nitrogens with zero attached hydrogens (tertiary/aromatic N) is 2. The molecule has 1 saturated heterocycles. The van der Waals surface area contributed by atoms with Crippen molar-refractivity contribution in [3.05, 3.63) is 0 Å². The summed E-state index contributed by atoms with van der Waals surface area (Å²) in [5.41, 5.74) is 0. The lowest BCUT2D eigenvalue weighted by atomic mass is 10.2. The largest absolute Gasteiger partial charge is 0.371 e. The van der Waals surface area contributed by atoms with Gasteiger partial charge in [0.25, 0.3) is 0 Å². The predicted molar refractivity (Wildman–Crippen MR) is 40.7 cm³/mol. The number of nitriles is 1. The van der Waals surface area contributed by atoms with Crippen LogP contribution in [0.25, 0.3) is 0 Å². The smallest absolute Gasteiger partial charge is 0.312 e. The molecule has 12 heavy (non-hydrogen) atoms. The van der Waals surface area contributed by atoms with Crippen LogP contribution in [0.1, 0.15) is 6.42 Å². The first-order valence-electron chi connectivity index (χ1n) is 3.82. The van der Waals surface area contributed by atoms with Crippen LogP contribution in [0.15, 0.2) is 0 Å². The molecule has 1 atom stereocenters. The minimum absolute atomic E-state index is 0.115. The van der Waals surface area contributed by atoms with E-state index in [4.69, 9.17) is 5.26 Å². The van der Waals surface area contributed by atoms with Gasteiger partial charge in [-0.05, 0) is 0 Å². The second-order valence-electron chi connectivity index (χ2n) is 2.60. The van der Waals surface area contributed by atoms with Gasteiger partial charge in [-0.1, -0.05) is 0 Å². The van der Waals surface area contributed by atoms with E-state index in [9.17, 15) is 4.79 Å². The standard InChI is InChI=1S/C7H11N3O2/c8-2-1-7-5-10(12-6-11)4-3-9-7/h6-7,9H,1,3-5H2/t7-/m0/s1. The number of hydrogen-bond donors (Lipinski definition) is 1. The van der Waals surface area contributed by atoms with Crippen LogP contribution >= 0.6 is 0 Å². The summed E-state index contributed by atoms with van der Waals surface area (Å²) in [5.74, 6) is 0. The van der Waals surface area contributed by atoms with E-state index in [0.29, 0.717) is 26.0 Å². The van der Waals surface area contributed by atoms with Crippen molar-refractivity contribution in [2.45, 2.75) is 12.5 Å². The van der Waals surface area contributed by atoms with Crippen LogP contribution in [-0.4, -0.2) is 37.2 Å². The lowest BCUT2D eigenvalue weighted by Gasteiger charge is -2.29. The molecule has 0 aliphatic carbocycles. The van der Waals surface area contributed by atoms with Crippen LogP contribution in [0.3, 0.4) is 0 Å². The highest BCUT2D eigenvalue weighted by Crippen LogP contribution is 2.01. The second-order valence-corrected chi connectivity index (χ2v) is 2.60. The van der Waals surface area contributed by atoms with Gasteiger partial charge in [-0.2, -0.15) is 5.26 Å². The van der Waals surface area contributed by atoms with Crippen molar-refractivity contribution >= 4 is 6.47 Å². The van der Waals surface area contributed by atoms with Crippen molar-refractivity contribution in [3.63, 3.8) is 0 Å². The number of carbonyl (C=O) groups is 1. The van der Waals surface area contributed by atoms with Gasteiger partial charge in [0.15, 0.2) is 0 Å². The monoisotopic (exact) mass is 169 g/mol. The minimum Gasteiger partial charge on any atom is -0.371 e. The summed E-state index contributed by atoms with van der Waals surface area (Å²) in [4.78, 5) is 14.7. The molecule has 1 rings (SSSR count). The zero-order valence-corrected chi connectivity index (χ0v) is 6.69. The zero-order chi connectivity index (χ0) is 8.81. The number of piperazine rings is 1. The molecule has 1 aliphatic heterocycles. The normalized spacial score (nSPS) is 24.4. The van der Waals surface area contributed by atoms with Crippen LogP contribution in [0.2, 0.25) is 0 Å². The molecule has 0 aromatic heterocycles. The zero-order valence-electron chi connectivity index (χ0n) is 6.69. The van der Waals surface area contributed by atoms with E-state index in [-0.39, 0.29) is 6.04 Å². The molecule has 0 unspecified atom stereocenters. The van der Waals surface area contributed by atoms with Crippen LogP contribution in [-0.2, 0) is 9.63 Å². The summed E-state index contributed by atoms with van der Waals surface area (Å²) in [6.45, 7) is 2.43. The highest BCUT2D eigenvalue weighted by molar-refractivity contribution is 5.36. The molecule has 1 fully saturated rings. The maximum atomic E-state index is 9.99. The number of hydroxylamine groups is 2. The van der Waals surface area contributed by atoms with Crippen molar-refractivity contribution < 1.29 is 9.63 Å². The van der Waals surface area contributed by atoms with E-state index in [2.05, 4.69) is 16.2 Å². The Morgan fingerprint density at radius 1 is 1.83 bits per heavy atom. The molecule has 1 heterocycles.